The zero-order valence-electron chi connectivity index (χ0n) is 23.7. The number of primary amides is 1. The van der Waals surface area contributed by atoms with E-state index in [9.17, 15) is 27.2 Å². The van der Waals surface area contributed by atoms with Crippen LogP contribution in [0.3, 0.4) is 0 Å². The fraction of sp³-hybridized carbons (Fsp3) is 0.484. The standard InChI is InChI=1S/C31H32F4N6O2/c1-2-3-24(42)40-9-7-29(17-40)15-30(16-29)11-23(30)21-6-8-38-27(25(26(21)36)28(37)43)19-12-39-41(14-19)13-18-10-20(32)4-5-22(18)31(33,34)35/h4-5,10,12,14,21,23H,6-9,11,13,15-17,36H2,1H3,(H2,37,43). The lowest BCUT2D eigenvalue weighted by Gasteiger charge is -2.47. The van der Waals surface area contributed by atoms with Crippen LogP contribution in [-0.4, -0.2) is 51.8 Å². The van der Waals surface area contributed by atoms with Gasteiger partial charge < -0.3 is 16.4 Å². The molecular formula is C31H32F4N6O2. The third-order valence-electron chi connectivity index (χ3n) is 9.64. The second-order valence-corrected chi connectivity index (χ2v) is 12.4. The van der Waals surface area contributed by atoms with Crippen LogP contribution in [0.2, 0.25) is 0 Å². The molecular weight excluding hydrogens is 564 g/mol. The molecule has 0 radical (unpaired) electrons. The molecule has 8 nitrogen and oxygen atoms in total. The molecule has 3 fully saturated rings. The van der Waals surface area contributed by atoms with Gasteiger partial charge >= 0.3 is 6.18 Å². The number of aromatic nitrogens is 2. The Hall–Kier alpha value is -4.14. The van der Waals surface area contributed by atoms with Crippen LogP contribution in [0.15, 0.2) is 46.9 Å². The van der Waals surface area contributed by atoms with Crippen molar-refractivity contribution in [3.63, 3.8) is 0 Å². The number of hydrogen-bond donors (Lipinski definition) is 2. The number of carbonyl (C=O) groups excluding carboxylic acids is 2. The molecule has 6 rings (SSSR count). The summed E-state index contributed by atoms with van der Waals surface area (Å²) in [5.41, 5.74) is 12.7. The van der Waals surface area contributed by atoms with Crippen molar-refractivity contribution in [2.45, 2.75) is 51.7 Å². The van der Waals surface area contributed by atoms with Gasteiger partial charge in [-0.05, 0) is 85.5 Å². The van der Waals surface area contributed by atoms with Gasteiger partial charge in [0.25, 0.3) is 11.8 Å². The molecule has 2 atom stereocenters. The van der Waals surface area contributed by atoms with E-state index in [4.69, 9.17) is 11.5 Å². The SMILES string of the molecule is CC#CC(=O)N1CCC2(C1)CC1(CC1C1CCN=C(c3cnn(Cc4cc(F)ccc4C(F)(F)F)c3)C(C(N)=O)=C1N)C2. The minimum atomic E-state index is -4.66. The average Bonchev–Trinajstić information content (AvgIpc) is 3.23. The third kappa shape index (κ3) is 5.19. The zero-order valence-corrected chi connectivity index (χ0v) is 23.7. The molecule has 2 spiro atoms. The summed E-state index contributed by atoms with van der Waals surface area (Å²) < 4.78 is 55.5. The Morgan fingerprint density at radius 1 is 1.23 bits per heavy atom. The Bertz CT molecular complexity index is 1620. The van der Waals surface area contributed by atoms with Crippen molar-refractivity contribution in [2.24, 2.45) is 39.1 Å². The van der Waals surface area contributed by atoms with Crippen LogP contribution >= 0.6 is 0 Å². The number of allylic oxidation sites excluding steroid dienone is 1. The number of likely N-dealkylation sites (tertiary alicyclic amines) is 1. The van der Waals surface area contributed by atoms with E-state index in [2.05, 4.69) is 21.9 Å². The van der Waals surface area contributed by atoms with Gasteiger partial charge in [0, 0.05) is 43.0 Å². The largest absolute Gasteiger partial charge is 0.416 e. The molecule has 4 aliphatic rings. The van der Waals surface area contributed by atoms with Crippen molar-refractivity contribution >= 4 is 17.5 Å². The Morgan fingerprint density at radius 2 is 2.00 bits per heavy atom. The highest BCUT2D eigenvalue weighted by Crippen LogP contribution is 2.76. The lowest BCUT2D eigenvalue weighted by Crippen LogP contribution is -2.43. The summed E-state index contributed by atoms with van der Waals surface area (Å²) in [5.74, 6) is 3.84. The number of carbonyl (C=O) groups is 2. The van der Waals surface area contributed by atoms with Gasteiger partial charge in [-0.15, -0.1) is 0 Å². The van der Waals surface area contributed by atoms with E-state index < -0.39 is 23.5 Å². The van der Waals surface area contributed by atoms with Crippen LogP contribution in [0.5, 0.6) is 0 Å². The van der Waals surface area contributed by atoms with E-state index in [1.807, 2.05) is 4.90 Å². The van der Waals surface area contributed by atoms with Gasteiger partial charge in [0.1, 0.15) is 5.82 Å². The molecule has 2 aliphatic carbocycles. The molecule has 2 saturated carbocycles. The summed E-state index contributed by atoms with van der Waals surface area (Å²) in [5, 5.41) is 4.17. The number of halogens is 4. The first-order valence-electron chi connectivity index (χ1n) is 14.3. The summed E-state index contributed by atoms with van der Waals surface area (Å²) in [6.45, 7) is 3.14. The van der Waals surface area contributed by atoms with Gasteiger partial charge in [-0.1, -0.05) is 5.92 Å². The van der Waals surface area contributed by atoms with Gasteiger partial charge in [-0.2, -0.15) is 18.3 Å². The van der Waals surface area contributed by atoms with Crippen molar-refractivity contribution in [3.8, 4) is 11.8 Å². The normalized spacial score (nSPS) is 28.3. The second kappa shape index (κ2) is 10.2. The van der Waals surface area contributed by atoms with E-state index in [0.717, 1.165) is 44.4 Å². The van der Waals surface area contributed by atoms with Crippen LogP contribution in [0.1, 0.15) is 55.7 Å². The van der Waals surface area contributed by atoms with Gasteiger partial charge in [0.05, 0.1) is 29.6 Å². The maximum absolute atomic E-state index is 13.8. The Labute approximate surface area is 246 Å². The number of aliphatic imine (C=N–C) groups is 1. The lowest BCUT2D eigenvalue weighted by atomic mass is 9.57. The number of amides is 2. The van der Waals surface area contributed by atoms with Gasteiger partial charge in [-0.3, -0.25) is 19.3 Å². The minimum Gasteiger partial charge on any atom is -0.401 e. The highest BCUT2D eigenvalue weighted by atomic mass is 19.4. The monoisotopic (exact) mass is 596 g/mol. The van der Waals surface area contributed by atoms with Crippen molar-refractivity contribution in [1.82, 2.24) is 14.7 Å². The van der Waals surface area contributed by atoms with Crippen molar-refractivity contribution < 1.29 is 27.2 Å². The third-order valence-corrected chi connectivity index (χ3v) is 9.64. The van der Waals surface area contributed by atoms with Gasteiger partial charge in [0.2, 0.25) is 0 Å². The minimum absolute atomic E-state index is 0.0946. The molecule has 2 aromatic rings. The topological polar surface area (TPSA) is 120 Å². The smallest absolute Gasteiger partial charge is 0.401 e. The Balaban J connectivity index is 1.20. The van der Waals surface area contributed by atoms with Crippen LogP contribution in [-0.2, 0) is 22.3 Å². The fourth-order valence-electron chi connectivity index (χ4n) is 7.88. The first kappa shape index (κ1) is 29.0. The molecule has 0 bridgehead atoms. The number of benzene rings is 1. The molecule has 3 heterocycles. The first-order chi connectivity index (χ1) is 20.3. The van der Waals surface area contributed by atoms with Gasteiger partial charge in [0.15, 0.2) is 0 Å². The summed E-state index contributed by atoms with van der Waals surface area (Å²) in [6, 6.07) is 2.31. The van der Waals surface area contributed by atoms with Crippen molar-refractivity contribution in [1.29, 1.82) is 0 Å². The molecule has 1 aromatic carbocycles. The van der Waals surface area contributed by atoms with Crippen molar-refractivity contribution in [2.75, 3.05) is 19.6 Å². The van der Waals surface area contributed by atoms with E-state index in [1.165, 1.54) is 17.1 Å². The molecule has 1 saturated heterocycles. The molecule has 2 unspecified atom stereocenters. The molecule has 12 heteroatoms. The first-order valence-corrected chi connectivity index (χ1v) is 14.3. The van der Waals surface area contributed by atoms with E-state index in [1.54, 1.807) is 6.92 Å². The number of alkyl halides is 3. The zero-order chi connectivity index (χ0) is 30.7. The number of nitrogens with two attached hydrogens (primary N) is 2. The average molecular weight is 597 g/mol. The van der Waals surface area contributed by atoms with E-state index in [-0.39, 0.29) is 52.0 Å². The van der Waals surface area contributed by atoms with Crippen LogP contribution in [0, 0.1) is 40.3 Å². The number of hydrogen-bond acceptors (Lipinski definition) is 5. The number of nitrogens with zero attached hydrogens (tertiary/aromatic N) is 4. The molecule has 2 aliphatic heterocycles. The second-order valence-electron chi connectivity index (χ2n) is 12.4. The van der Waals surface area contributed by atoms with E-state index >= 15 is 0 Å². The van der Waals surface area contributed by atoms with Crippen LogP contribution < -0.4 is 11.5 Å². The molecule has 4 N–H and O–H groups in total. The highest BCUT2D eigenvalue weighted by Gasteiger charge is 2.69. The Kier molecular flexibility index (Phi) is 6.90. The van der Waals surface area contributed by atoms with E-state index in [0.29, 0.717) is 36.8 Å². The summed E-state index contributed by atoms with van der Waals surface area (Å²) >= 11 is 0. The molecule has 2 amide bonds. The Morgan fingerprint density at radius 3 is 2.70 bits per heavy atom. The maximum atomic E-state index is 13.8. The van der Waals surface area contributed by atoms with Crippen molar-refractivity contribution in [3.05, 3.63) is 64.4 Å². The molecule has 226 valence electrons. The maximum Gasteiger partial charge on any atom is 0.416 e. The summed E-state index contributed by atoms with van der Waals surface area (Å²) in [7, 11) is 0. The summed E-state index contributed by atoms with van der Waals surface area (Å²) in [6.07, 6.45) is 2.78. The fourth-order valence-corrected chi connectivity index (χ4v) is 7.88. The molecule has 1 aromatic heterocycles. The predicted octanol–water partition coefficient (Wildman–Crippen LogP) is 3.64. The predicted molar refractivity (Wildman–Crippen MR) is 150 cm³/mol. The van der Waals surface area contributed by atoms with Crippen LogP contribution in [0.25, 0.3) is 0 Å². The van der Waals surface area contributed by atoms with Gasteiger partial charge in [-0.25, -0.2) is 4.39 Å². The summed E-state index contributed by atoms with van der Waals surface area (Å²) in [4.78, 5) is 31.5. The lowest BCUT2D eigenvalue weighted by molar-refractivity contribution is -0.138. The quantitative estimate of drug-likeness (QED) is 0.405. The highest BCUT2D eigenvalue weighted by molar-refractivity contribution is 6.28. The van der Waals surface area contributed by atoms with Crippen LogP contribution in [0.4, 0.5) is 17.6 Å². The molecule has 43 heavy (non-hydrogen) atoms. The number of rotatable bonds is 5.